The largest absolute Gasteiger partial charge is 0.480 e. The maximum Gasteiger partial charge on any atom is 0.319 e. The van der Waals surface area contributed by atoms with Gasteiger partial charge in [0.25, 0.3) is 0 Å². The number of carbonyl (C=O) groups excluding carboxylic acids is 1. The Morgan fingerprint density at radius 2 is 2.25 bits per heavy atom. The molecule has 0 radical (unpaired) electrons. The second kappa shape index (κ2) is 3.62. The molecule has 2 rings (SSSR count). The number of nitrogens with zero attached hydrogens (tertiary/aromatic N) is 2. The van der Waals surface area contributed by atoms with Crippen LogP contribution in [-0.2, 0) is 16.6 Å². The fourth-order valence-electron chi connectivity index (χ4n) is 1.79. The van der Waals surface area contributed by atoms with E-state index >= 15 is 0 Å². The van der Waals surface area contributed by atoms with Crippen LogP contribution in [0.25, 0.3) is 0 Å². The molecule has 0 aromatic carbocycles. The van der Waals surface area contributed by atoms with Crippen LogP contribution in [-0.4, -0.2) is 26.8 Å². The van der Waals surface area contributed by atoms with Gasteiger partial charge in [0, 0.05) is 19.3 Å². The van der Waals surface area contributed by atoms with Crippen molar-refractivity contribution in [3.63, 3.8) is 0 Å². The van der Waals surface area contributed by atoms with E-state index in [-0.39, 0.29) is 0 Å². The van der Waals surface area contributed by atoms with E-state index in [9.17, 15) is 9.59 Å². The molecule has 6 nitrogen and oxygen atoms in total. The Bertz CT molecular complexity index is 434. The molecular weight excluding hydrogens is 210 g/mol. The number of carboxylic acids is 1. The fraction of sp³-hybridized carbons (Fsp3) is 0.500. The zero-order chi connectivity index (χ0) is 11.8. The second-order valence-electron chi connectivity index (χ2n) is 4.07. The van der Waals surface area contributed by atoms with Gasteiger partial charge in [0.1, 0.15) is 5.41 Å². The van der Waals surface area contributed by atoms with E-state index in [2.05, 4.69) is 10.4 Å². The van der Waals surface area contributed by atoms with Gasteiger partial charge in [-0.15, -0.1) is 0 Å². The molecule has 1 fully saturated rings. The summed E-state index contributed by atoms with van der Waals surface area (Å²) in [6, 6.07) is 1.63. The SMILES string of the molecule is Cn1ccc(NC(=O)C2(C(=O)O)CCC2)n1. The summed E-state index contributed by atoms with van der Waals surface area (Å²) in [7, 11) is 1.73. The van der Waals surface area contributed by atoms with Crippen LogP contribution < -0.4 is 5.32 Å². The number of carbonyl (C=O) groups is 2. The number of nitrogens with one attached hydrogen (secondary N) is 1. The molecule has 1 aromatic heterocycles. The molecule has 0 spiro atoms. The first-order valence-electron chi connectivity index (χ1n) is 5.09. The fourth-order valence-corrected chi connectivity index (χ4v) is 1.79. The van der Waals surface area contributed by atoms with Crippen LogP contribution in [0.1, 0.15) is 19.3 Å². The highest BCUT2D eigenvalue weighted by Gasteiger charge is 2.51. The van der Waals surface area contributed by atoms with Crippen molar-refractivity contribution >= 4 is 17.7 Å². The van der Waals surface area contributed by atoms with Gasteiger partial charge in [0.2, 0.25) is 5.91 Å². The summed E-state index contributed by atoms with van der Waals surface area (Å²) in [5.41, 5.74) is -1.24. The second-order valence-corrected chi connectivity index (χ2v) is 4.07. The maximum absolute atomic E-state index is 11.8. The van der Waals surface area contributed by atoms with Crippen LogP contribution >= 0.6 is 0 Å². The highest BCUT2D eigenvalue weighted by atomic mass is 16.4. The number of aryl methyl sites for hydroxylation is 1. The maximum atomic E-state index is 11.8. The van der Waals surface area contributed by atoms with Crippen molar-refractivity contribution in [2.75, 3.05) is 5.32 Å². The van der Waals surface area contributed by atoms with Gasteiger partial charge in [0.05, 0.1) is 0 Å². The molecule has 0 aliphatic heterocycles. The monoisotopic (exact) mass is 223 g/mol. The summed E-state index contributed by atoms with van der Waals surface area (Å²) in [5.74, 6) is -1.13. The summed E-state index contributed by atoms with van der Waals surface area (Å²) in [6.45, 7) is 0. The molecule has 0 bridgehead atoms. The van der Waals surface area contributed by atoms with Crippen LogP contribution in [0.15, 0.2) is 12.3 Å². The molecule has 1 saturated carbocycles. The number of anilines is 1. The van der Waals surface area contributed by atoms with Gasteiger partial charge >= 0.3 is 5.97 Å². The molecule has 1 aliphatic carbocycles. The third-order valence-corrected chi connectivity index (χ3v) is 3.01. The highest BCUT2D eigenvalue weighted by molar-refractivity contribution is 6.08. The predicted octanol–water partition coefficient (Wildman–Crippen LogP) is 0.613. The first-order chi connectivity index (χ1) is 7.54. The van der Waals surface area contributed by atoms with Crippen molar-refractivity contribution in [1.82, 2.24) is 9.78 Å². The number of hydrogen-bond donors (Lipinski definition) is 2. The van der Waals surface area contributed by atoms with E-state index < -0.39 is 17.3 Å². The van der Waals surface area contributed by atoms with Gasteiger partial charge < -0.3 is 10.4 Å². The number of amides is 1. The lowest BCUT2D eigenvalue weighted by molar-refractivity contribution is -0.159. The number of carboxylic acid groups (broad SMARTS) is 1. The minimum Gasteiger partial charge on any atom is -0.480 e. The Hall–Kier alpha value is -1.85. The molecule has 16 heavy (non-hydrogen) atoms. The summed E-state index contributed by atoms with van der Waals surface area (Å²) in [4.78, 5) is 22.9. The van der Waals surface area contributed by atoms with Crippen LogP contribution in [0.5, 0.6) is 0 Å². The first kappa shape index (κ1) is 10.7. The van der Waals surface area contributed by atoms with E-state index in [1.54, 1.807) is 24.0 Å². The third kappa shape index (κ3) is 1.56. The standard InChI is InChI=1S/C10H13N3O3/c1-13-6-3-7(12-13)11-8(14)10(9(15)16)4-2-5-10/h3,6H,2,4-5H2,1H3,(H,15,16)(H,11,12,14). The molecular formula is C10H13N3O3. The van der Waals surface area contributed by atoms with Crippen molar-refractivity contribution in [2.45, 2.75) is 19.3 Å². The molecule has 86 valence electrons. The lowest BCUT2D eigenvalue weighted by atomic mass is 9.68. The minimum atomic E-state index is -1.24. The summed E-state index contributed by atoms with van der Waals surface area (Å²) >= 11 is 0. The van der Waals surface area contributed by atoms with Crippen molar-refractivity contribution in [3.8, 4) is 0 Å². The lowest BCUT2D eigenvalue weighted by Gasteiger charge is -2.35. The molecule has 2 N–H and O–H groups in total. The zero-order valence-corrected chi connectivity index (χ0v) is 8.93. The summed E-state index contributed by atoms with van der Waals surface area (Å²) < 4.78 is 1.55. The van der Waals surface area contributed by atoms with Gasteiger partial charge in [-0.25, -0.2) is 0 Å². The zero-order valence-electron chi connectivity index (χ0n) is 8.93. The molecule has 6 heteroatoms. The average molecular weight is 223 g/mol. The molecule has 0 atom stereocenters. The number of hydrogen-bond acceptors (Lipinski definition) is 3. The Kier molecular flexibility index (Phi) is 2.41. The summed E-state index contributed by atoms with van der Waals surface area (Å²) in [5, 5.41) is 15.6. The van der Waals surface area contributed by atoms with E-state index in [1.165, 1.54) is 0 Å². The minimum absolute atomic E-state index is 0.389. The third-order valence-electron chi connectivity index (χ3n) is 3.01. The average Bonchev–Trinajstić information content (AvgIpc) is 2.47. The van der Waals surface area contributed by atoms with Crippen molar-refractivity contribution < 1.29 is 14.7 Å². The Morgan fingerprint density at radius 3 is 2.62 bits per heavy atom. The van der Waals surface area contributed by atoms with E-state index in [0.29, 0.717) is 18.7 Å². The predicted molar refractivity (Wildman–Crippen MR) is 55.8 cm³/mol. The van der Waals surface area contributed by atoms with Gasteiger partial charge in [-0.1, -0.05) is 6.42 Å². The quantitative estimate of drug-likeness (QED) is 0.735. The number of aromatic nitrogens is 2. The van der Waals surface area contributed by atoms with E-state index in [4.69, 9.17) is 5.11 Å². The lowest BCUT2D eigenvalue weighted by Crippen LogP contribution is -2.48. The van der Waals surface area contributed by atoms with Gasteiger partial charge in [-0.3, -0.25) is 14.3 Å². The molecule has 1 heterocycles. The van der Waals surface area contributed by atoms with Gasteiger partial charge in [0.15, 0.2) is 5.82 Å². The van der Waals surface area contributed by atoms with Crippen LogP contribution in [0.4, 0.5) is 5.82 Å². The molecule has 1 aromatic rings. The Morgan fingerprint density at radius 1 is 1.56 bits per heavy atom. The molecule has 0 unspecified atom stereocenters. The van der Waals surface area contributed by atoms with Gasteiger partial charge in [-0.05, 0) is 12.8 Å². The van der Waals surface area contributed by atoms with Gasteiger partial charge in [-0.2, -0.15) is 5.10 Å². The summed E-state index contributed by atoms with van der Waals surface area (Å²) in [6.07, 6.45) is 3.27. The van der Waals surface area contributed by atoms with Crippen molar-refractivity contribution in [1.29, 1.82) is 0 Å². The van der Waals surface area contributed by atoms with Crippen molar-refractivity contribution in [3.05, 3.63) is 12.3 Å². The topological polar surface area (TPSA) is 84.2 Å². The van der Waals surface area contributed by atoms with Crippen molar-refractivity contribution in [2.24, 2.45) is 12.5 Å². The van der Waals surface area contributed by atoms with E-state index in [1.807, 2.05) is 0 Å². The van der Waals surface area contributed by atoms with Crippen LogP contribution in [0.2, 0.25) is 0 Å². The number of rotatable bonds is 3. The smallest absolute Gasteiger partial charge is 0.319 e. The van der Waals surface area contributed by atoms with Crippen LogP contribution in [0, 0.1) is 5.41 Å². The normalized spacial score (nSPS) is 17.6. The number of aliphatic carboxylic acids is 1. The van der Waals surface area contributed by atoms with E-state index in [0.717, 1.165) is 6.42 Å². The Labute approximate surface area is 92.3 Å². The van der Waals surface area contributed by atoms with Crippen LogP contribution in [0.3, 0.4) is 0 Å². The molecule has 1 amide bonds. The Balaban J connectivity index is 2.10. The first-order valence-corrected chi connectivity index (χ1v) is 5.09. The highest BCUT2D eigenvalue weighted by Crippen LogP contribution is 2.42. The molecule has 0 saturated heterocycles. The molecule has 1 aliphatic rings.